The van der Waals surface area contributed by atoms with Crippen molar-refractivity contribution in [2.75, 3.05) is 32.7 Å². The first kappa shape index (κ1) is 15.6. The van der Waals surface area contributed by atoms with Crippen molar-refractivity contribution in [3.05, 3.63) is 0 Å². The van der Waals surface area contributed by atoms with Crippen LogP contribution in [-0.4, -0.2) is 54.3 Å². The fraction of sp³-hybridized carbons (Fsp3) is 0.933. The first-order valence-electron chi connectivity index (χ1n) is 7.63. The van der Waals surface area contributed by atoms with Crippen molar-refractivity contribution in [1.29, 1.82) is 0 Å². The number of hydrogen-bond donors (Lipinski definition) is 0. The second-order valence-electron chi connectivity index (χ2n) is 5.47. The van der Waals surface area contributed by atoms with E-state index in [9.17, 15) is 4.79 Å². The van der Waals surface area contributed by atoms with Crippen molar-refractivity contribution in [3.8, 4) is 0 Å². The second kappa shape index (κ2) is 8.65. The molecule has 1 rings (SSSR count). The Kier molecular flexibility index (Phi) is 7.52. The molecule has 3 heteroatoms. The van der Waals surface area contributed by atoms with E-state index in [0.29, 0.717) is 11.8 Å². The van der Waals surface area contributed by atoms with Crippen molar-refractivity contribution >= 4 is 5.78 Å². The number of hydrogen-bond acceptors (Lipinski definition) is 3. The quantitative estimate of drug-likeness (QED) is 0.697. The SMILES string of the molecule is CCN(CC)CCN1CCCCCC1CC(C)=O. The summed E-state index contributed by atoms with van der Waals surface area (Å²) in [6.07, 6.45) is 5.87. The number of carbonyl (C=O) groups is 1. The Morgan fingerprint density at radius 1 is 1.22 bits per heavy atom. The van der Waals surface area contributed by atoms with Crippen LogP contribution < -0.4 is 0 Å². The highest BCUT2D eigenvalue weighted by atomic mass is 16.1. The van der Waals surface area contributed by atoms with Gasteiger partial charge >= 0.3 is 0 Å². The third-order valence-electron chi connectivity index (χ3n) is 4.12. The van der Waals surface area contributed by atoms with E-state index in [-0.39, 0.29) is 0 Å². The van der Waals surface area contributed by atoms with Crippen LogP contribution in [0.1, 0.15) is 52.9 Å². The Hall–Kier alpha value is -0.410. The number of likely N-dealkylation sites (tertiary alicyclic amines) is 1. The van der Waals surface area contributed by atoms with E-state index in [1.54, 1.807) is 6.92 Å². The molecule has 0 N–H and O–H groups in total. The zero-order valence-corrected chi connectivity index (χ0v) is 12.5. The van der Waals surface area contributed by atoms with Gasteiger partial charge in [-0.2, -0.15) is 0 Å². The number of carbonyl (C=O) groups excluding carboxylic acids is 1. The summed E-state index contributed by atoms with van der Waals surface area (Å²) in [6.45, 7) is 11.9. The van der Waals surface area contributed by atoms with Gasteiger partial charge in [0.2, 0.25) is 0 Å². The lowest BCUT2D eigenvalue weighted by Gasteiger charge is -2.31. The molecule has 18 heavy (non-hydrogen) atoms. The summed E-state index contributed by atoms with van der Waals surface area (Å²) in [5.41, 5.74) is 0. The monoisotopic (exact) mass is 254 g/mol. The molecule has 1 fully saturated rings. The van der Waals surface area contributed by atoms with Gasteiger partial charge in [0.1, 0.15) is 5.78 Å². The minimum Gasteiger partial charge on any atom is -0.303 e. The van der Waals surface area contributed by atoms with Crippen molar-refractivity contribution < 1.29 is 4.79 Å². The molecule has 1 unspecified atom stereocenters. The summed E-state index contributed by atoms with van der Waals surface area (Å²) in [5.74, 6) is 0.342. The summed E-state index contributed by atoms with van der Waals surface area (Å²) in [4.78, 5) is 16.4. The van der Waals surface area contributed by atoms with Gasteiger partial charge < -0.3 is 4.90 Å². The lowest BCUT2D eigenvalue weighted by atomic mass is 10.0. The minimum atomic E-state index is 0.342. The average Bonchev–Trinajstić information content (AvgIpc) is 2.56. The van der Waals surface area contributed by atoms with Crippen LogP contribution in [0.2, 0.25) is 0 Å². The van der Waals surface area contributed by atoms with Crippen LogP contribution in [0.3, 0.4) is 0 Å². The van der Waals surface area contributed by atoms with Crippen LogP contribution >= 0.6 is 0 Å². The summed E-state index contributed by atoms with van der Waals surface area (Å²) >= 11 is 0. The number of rotatable bonds is 7. The third kappa shape index (κ3) is 5.49. The zero-order valence-electron chi connectivity index (χ0n) is 12.5. The molecule has 3 nitrogen and oxygen atoms in total. The molecular weight excluding hydrogens is 224 g/mol. The maximum atomic E-state index is 11.4. The van der Waals surface area contributed by atoms with E-state index in [4.69, 9.17) is 0 Å². The Labute approximate surface area is 113 Å². The van der Waals surface area contributed by atoms with Gasteiger partial charge in [-0.3, -0.25) is 9.69 Å². The highest BCUT2D eigenvalue weighted by Gasteiger charge is 2.22. The van der Waals surface area contributed by atoms with Crippen LogP contribution in [0, 0.1) is 0 Å². The predicted octanol–water partition coefficient (Wildman–Crippen LogP) is 2.55. The molecule has 0 bridgehead atoms. The summed E-state index contributed by atoms with van der Waals surface area (Å²) in [7, 11) is 0. The largest absolute Gasteiger partial charge is 0.303 e. The Morgan fingerprint density at radius 3 is 2.56 bits per heavy atom. The first-order chi connectivity index (χ1) is 8.67. The van der Waals surface area contributed by atoms with E-state index in [0.717, 1.165) is 32.6 Å². The van der Waals surface area contributed by atoms with E-state index in [1.165, 1.54) is 32.2 Å². The maximum absolute atomic E-state index is 11.4. The van der Waals surface area contributed by atoms with Crippen LogP contribution in [-0.2, 0) is 4.79 Å². The Balaban J connectivity index is 2.48. The zero-order chi connectivity index (χ0) is 13.4. The molecule has 0 radical (unpaired) electrons. The fourth-order valence-electron chi connectivity index (χ4n) is 2.90. The highest BCUT2D eigenvalue weighted by molar-refractivity contribution is 5.76. The van der Waals surface area contributed by atoms with Gasteiger partial charge in [0.25, 0.3) is 0 Å². The molecule has 0 aliphatic carbocycles. The molecule has 1 aliphatic rings. The van der Waals surface area contributed by atoms with Crippen LogP contribution in [0.4, 0.5) is 0 Å². The van der Waals surface area contributed by atoms with E-state index in [1.807, 2.05) is 0 Å². The Bertz CT molecular complexity index is 239. The number of likely N-dealkylation sites (N-methyl/N-ethyl adjacent to an activating group) is 1. The molecule has 0 saturated carbocycles. The normalized spacial score (nSPS) is 22.1. The molecule has 0 aromatic carbocycles. The molecule has 1 saturated heterocycles. The fourth-order valence-corrected chi connectivity index (χ4v) is 2.90. The maximum Gasteiger partial charge on any atom is 0.131 e. The molecule has 1 atom stereocenters. The highest BCUT2D eigenvalue weighted by Crippen LogP contribution is 2.19. The molecule has 1 aliphatic heterocycles. The van der Waals surface area contributed by atoms with Gasteiger partial charge in [0.15, 0.2) is 0 Å². The number of nitrogens with zero attached hydrogens (tertiary/aromatic N) is 2. The average molecular weight is 254 g/mol. The van der Waals surface area contributed by atoms with Crippen molar-refractivity contribution in [2.45, 2.75) is 58.9 Å². The molecule has 0 aromatic heterocycles. The number of ketones is 1. The van der Waals surface area contributed by atoms with Gasteiger partial charge in [-0.25, -0.2) is 0 Å². The number of Topliss-reactive ketones (excluding diaryl/α,β-unsaturated/α-hetero) is 1. The van der Waals surface area contributed by atoms with Crippen LogP contribution in [0.25, 0.3) is 0 Å². The summed E-state index contributed by atoms with van der Waals surface area (Å²) in [6, 6.07) is 0.501. The van der Waals surface area contributed by atoms with Gasteiger partial charge in [0, 0.05) is 25.6 Å². The third-order valence-corrected chi connectivity index (χ3v) is 4.12. The molecule has 106 valence electrons. The molecule has 0 aromatic rings. The minimum absolute atomic E-state index is 0.342. The molecule has 1 heterocycles. The standard InChI is InChI=1S/C15H30N2O/c1-4-16(5-2)11-12-17-10-8-6-7-9-15(17)13-14(3)18/h15H,4-13H2,1-3H3. The molecular formula is C15H30N2O. The van der Waals surface area contributed by atoms with Gasteiger partial charge in [-0.05, 0) is 39.4 Å². The van der Waals surface area contributed by atoms with Gasteiger partial charge in [-0.15, -0.1) is 0 Å². The lowest BCUT2D eigenvalue weighted by Crippen LogP contribution is -2.41. The second-order valence-corrected chi connectivity index (χ2v) is 5.47. The Morgan fingerprint density at radius 2 is 1.94 bits per heavy atom. The topological polar surface area (TPSA) is 23.6 Å². The molecule has 0 amide bonds. The predicted molar refractivity (Wildman–Crippen MR) is 76.9 cm³/mol. The van der Waals surface area contributed by atoms with E-state index < -0.39 is 0 Å². The first-order valence-corrected chi connectivity index (χ1v) is 7.63. The summed E-state index contributed by atoms with van der Waals surface area (Å²) in [5, 5.41) is 0. The van der Waals surface area contributed by atoms with Gasteiger partial charge in [0.05, 0.1) is 0 Å². The van der Waals surface area contributed by atoms with Crippen molar-refractivity contribution in [3.63, 3.8) is 0 Å². The van der Waals surface area contributed by atoms with Gasteiger partial charge in [-0.1, -0.05) is 26.7 Å². The van der Waals surface area contributed by atoms with Crippen molar-refractivity contribution in [1.82, 2.24) is 9.80 Å². The smallest absolute Gasteiger partial charge is 0.131 e. The molecule has 0 spiro atoms. The van der Waals surface area contributed by atoms with Crippen LogP contribution in [0.15, 0.2) is 0 Å². The van der Waals surface area contributed by atoms with Crippen LogP contribution in [0.5, 0.6) is 0 Å². The van der Waals surface area contributed by atoms with Crippen molar-refractivity contribution in [2.24, 2.45) is 0 Å². The lowest BCUT2D eigenvalue weighted by molar-refractivity contribution is -0.118. The van der Waals surface area contributed by atoms with E-state index >= 15 is 0 Å². The summed E-state index contributed by atoms with van der Waals surface area (Å²) < 4.78 is 0. The van der Waals surface area contributed by atoms with E-state index in [2.05, 4.69) is 23.6 Å².